The van der Waals surface area contributed by atoms with Crippen molar-refractivity contribution in [2.24, 2.45) is 16.9 Å². The van der Waals surface area contributed by atoms with Crippen LogP contribution in [0, 0.1) is 11.8 Å². The highest BCUT2D eigenvalue weighted by atomic mass is 16.5. The van der Waals surface area contributed by atoms with E-state index < -0.39 is 5.97 Å². The lowest BCUT2D eigenvalue weighted by molar-refractivity contribution is -0.152. The van der Waals surface area contributed by atoms with Crippen LogP contribution in [0.2, 0.25) is 0 Å². The van der Waals surface area contributed by atoms with Crippen LogP contribution in [0.25, 0.3) is 0 Å². The van der Waals surface area contributed by atoms with Gasteiger partial charge in [0.15, 0.2) is 0 Å². The van der Waals surface area contributed by atoms with E-state index in [0.29, 0.717) is 6.61 Å². The molecule has 1 aliphatic carbocycles. The topological polar surface area (TPSA) is 59.0 Å². The molecule has 1 saturated carbocycles. The minimum Gasteiger partial charge on any atom is -0.465 e. The van der Waals surface area contributed by atoms with Crippen LogP contribution in [-0.2, 0) is 20.7 Å². The highest BCUT2D eigenvalue weighted by Gasteiger charge is 2.45. The lowest BCUT2D eigenvalue weighted by Crippen LogP contribution is -2.51. The molecule has 1 amide bonds. The lowest BCUT2D eigenvalue weighted by atomic mass is 9.68. The van der Waals surface area contributed by atoms with E-state index in [9.17, 15) is 9.59 Å². The number of hydrogen-bond donors (Lipinski definition) is 0. The Labute approximate surface area is 129 Å². The van der Waals surface area contributed by atoms with E-state index >= 15 is 0 Å². The molecule has 1 aromatic rings. The maximum absolute atomic E-state index is 12.3. The second-order valence-corrected chi connectivity index (χ2v) is 5.74. The van der Waals surface area contributed by atoms with Gasteiger partial charge in [0.05, 0.1) is 6.61 Å². The molecule has 0 radical (unpaired) electrons. The van der Waals surface area contributed by atoms with Gasteiger partial charge in [0.2, 0.25) is 5.91 Å². The highest BCUT2D eigenvalue weighted by Crippen LogP contribution is 2.40. The summed E-state index contributed by atoms with van der Waals surface area (Å²) in [5.74, 6) is -0.214. The number of benzene rings is 1. The van der Waals surface area contributed by atoms with E-state index in [0.717, 1.165) is 25.0 Å². The summed E-state index contributed by atoms with van der Waals surface area (Å²) in [5, 5.41) is 5.76. The number of hydrazone groups is 1. The molecule has 1 aromatic carbocycles. The second-order valence-electron chi connectivity index (χ2n) is 5.74. The van der Waals surface area contributed by atoms with Crippen LogP contribution in [0.1, 0.15) is 25.3 Å². The summed E-state index contributed by atoms with van der Waals surface area (Å²) in [4.78, 5) is 24.0. The normalized spacial score (nSPS) is 23.4. The van der Waals surface area contributed by atoms with E-state index in [-0.39, 0.29) is 24.3 Å². The van der Waals surface area contributed by atoms with Crippen LogP contribution in [0.15, 0.2) is 35.4 Å². The van der Waals surface area contributed by atoms with Gasteiger partial charge in [0.25, 0.3) is 0 Å². The lowest BCUT2D eigenvalue weighted by Gasteiger charge is -2.42. The van der Waals surface area contributed by atoms with E-state index in [1.165, 1.54) is 10.6 Å². The number of esters is 1. The second kappa shape index (κ2) is 6.30. The van der Waals surface area contributed by atoms with E-state index in [4.69, 9.17) is 4.74 Å². The number of carbonyl (C=O) groups is 2. The summed E-state index contributed by atoms with van der Waals surface area (Å²) in [7, 11) is 0. The number of fused-ring (bicyclic) bond motifs is 1. The number of amides is 1. The molecule has 0 N–H and O–H groups in total. The van der Waals surface area contributed by atoms with Crippen molar-refractivity contribution in [1.82, 2.24) is 5.01 Å². The maximum Gasteiger partial charge on any atom is 0.327 e. The van der Waals surface area contributed by atoms with Crippen molar-refractivity contribution in [2.45, 2.75) is 26.2 Å². The Hall–Kier alpha value is -2.17. The molecule has 2 atom stereocenters. The van der Waals surface area contributed by atoms with Crippen LogP contribution in [0.3, 0.4) is 0 Å². The molecular weight excluding hydrogens is 280 g/mol. The third kappa shape index (κ3) is 2.89. The van der Waals surface area contributed by atoms with Gasteiger partial charge in [-0.25, -0.2) is 5.01 Å². The third-order valence-corrected chi connectivity index (χ3v) is 4.34. The van der Waals surface area contributed by atoms with Crippen LogP contribution in [0.4, 0.5) is 0 Å². The first-order valence-corrected chi connectivity index (χ1v) is 7.77. The maximum atomic E-state index is 12.3. The molecule has 1 aliphatic heterocycles. The first kappa shape index (κ1) is 14.8. The number of hydrogen-bond acceptors (Lipinski definition) is 4. The minimum absolute atomic E-state index is 0.00867. The molecule has 0 spiro atoms. The predicted molar refractivity (Wildman–Crippen MR) is 82.1 cm³/mol. The largest absolute Gasteiger partial charge is 0.465 e. The summed E-state index contributed by atoms with van der Waals surface area (Å²) in [5.41, 5.74) is 2.18. The van der Waals surface area contributed by atoms with Gasteiger partial charge in [-0.3, -0.25) is 9.59 Å². The fourth-order valence-electron chi connectivity index (χ4n) is 3.08. The fraction of sp³-hybridized carbons (Fsp3) is 0.471. The Bertz CT molecular complexity index is 597. The van der Waals surface area contributed by atoms with Crippen molar-refractivity contribution in [2.75, 3.05) is 13.2 Å². The molecule has 1 fully saturated rings. The van der Waals surface area contributed by atoms with Crippen molar-refractivity contribution in [3.05, 3.63) is 35.9 Å². The summed E-state index contributed by atoms with van der Waals surface area (Å²) in [6, 6.07) is 10.1. The Balaban J connectivity index is 1.78. The Kier molecular flexibility index (Phi) is 4.22. The summed E-state index contributed by atoms with van der Waals surface area (Å²) >= 11 is 0. The van der Waals surface area contributed by atoms with Crippen molar-refractivity contribution < 1.29 is 14.3 Å². The highest BCUT2D eigenvalue weighted by molar-refractivity contribution is 5.99. The number of rotatable bonds is 5. The number of nitrogens with zero attached hydrogens (tertiary/aromatic N) is 2. The SMILES string of the molecule is CCOC(=O)CN1N=C(Cc2ccccc2)C2CCC2C1=O. The Morgan fingerprint density at radius 3 is 2.64 bits per heavy atom. The van der Waals surface area contributed by atoms with Crippen molar-refractivity contribution in [1.29, 1.82) is 0 Å². The summed E-state index contributed by atoms with van der Waals surface area (Å²) in [6.45, 7) is 1.98. The molecule has 5 heteroatoms. The van der Waals surface area contributed by atoms with Crippen LogP contribution >= 0.6 is 0 Å². The third-order valence-electron chi connectivity index (χ3n) is 4.34. The van der Waals surface area contributed by atoms with Gasteiger partial charge in [-0.1, -0.05) is 30.3 Å². The molecule has 0 bridgehead atoms. The van der Waals surface area contributed by atoms with Crippen LogP contribution < -0.4 is 0 Å². The zero-order valence-electron chi connectivity index (χ0n) is 12.7. The van der Waals surface area contributed by atoms with E-state index in [2.05, 4.69) is 17.2 Å². The zero-order valence-corrected chi connectivity index (χ0v) is 12.7. The van der Waals surface area contributed by atoms with E-state index in [1.54, 1.807) is 6.92 Å². The van der Waals surface area contributed by atoms with Crippen LogP contribution in [0.5, 0.6) is 0 Å². The average Bonchev–Trinajstić information content (AvgIpc) is 2.45. The van der Waals surface area contributed by atoms with Gasteiger partial charge in [0, 0.05) is 24.0 Å². The zero-order chi connectivity index (χ0) is 15.5. The molecule has 2 unspecified atom stereocenters. The van der Waals surface area contributed by atoms with E-state index in [1.807, 2.05) is 18.2 Å². The van der Waals surface area contributed by atoms with Gasteiger partial charge in [-0.15, -0.1) is 0 Å². The molecule has 0 aromatic heterocycles. The molecule has 116 valence electrons. The smallest absolute Gasteiger partial charge is 0.327 e. The standard InChI is InChI=1S/C17H20N2O3/c1-2-22-16(20)11-19-17(21)14-9-8-13(14)15(18-19)10-12-6-4-3-5-7-12/h3-7,13-14H,2,8-11H2,1H3. The Morgan fingerprint density at radius 2 is 2.00 bits per heavy atom. The molecular formula is C17H20N2O3. The molecule has 0 saturated heterocycles. The molecule has 2 aliphatic rings. The van der Waals surface area contributed by atoms with Gasteiger partial charge in [-0.2, -0.15) is 5.10 Å². The van der Waals surface area contributed by atoms with Crippen LogP contribution in [-0.4, -0.2) is 35.7 Å². The van der Waals surface area contributed by atoms with Crippen molar-refractivity contribution >= 4 is 17.6 Å². The molecule has 3 rings (SSSR count). The molecule has 22 heavy (non-hydrogen) atoms. The van der Waals surface area contributed by atoms with Crippen molar-refractivity contribution in [3.8, 4) is 0 Å². The minimum atomic E-state index is -0.406. The fourth-order valence-corrected chi connectivity index (χ4v) is 3.08. The molecule has 1 heterocycles. The summed E-state index contributed by atoms with van der Waals surface area (Å²) < 4.78 is 4.92. The van der Waals surface area contributed by atoms with Gasteiger partial charge < -0.3 is 4.74 Å². The average molecular weight is 300 g/mol. The first-order chi connectivity index (χ1) is 10.7. The monoisotopic (exact) mass is 300 g/mol. The summed E-state index contributed by atoms with van der Waals surface area (Å²) in [6.07, 6.45) is 2.63. The first-order valence-electron chi connectivity index (χ1n) is 7.77. The quantitative estimate of drug-likeness (QED) is 0.782. The predicted octanol–water partition coefficient (Wildman–Crippen LogP) is 2.02. The number of carbonyl (C=O) groups excluding carboxylic acids is 2. The molecule has 5 nitrogen and oxygen atoms in total. The van der Waals surface area contributed by atoms with Crippen molar-refractivity contribution in [3.63, 3.8) is 0 Å². The van der Waals surface area contributed by atoms with Gasteiger partial charge in [-0.05, 0) is 25.3 Å². The van der Waals surface area contributed by atoms with Gasteiger partial charge >= 0.3 is 5.97 Å². The Morgan fingerprint density at radius 1 is 1.27 bits per heavy atom. The van der Waals surface area contributed by atoms with Gasteiger partial charge in [0.1, 0.15) is 6.54 Å². The number of ether oxygens (including phenoxy) is 1.